The molecule has 1 aromatic rings. The van der Waals surface area contributed by atoms with Gasteiger partial charge in [-0.3, -0.25) is 0 Å². The van der Waals surface area contributed by atoms with Gasteiger partial charge in [0.25, 0.3) is 0 Å². The minimum Gasteiger partial charge on any atom is -0.491 e. The quantitative estimate of drug-likeness (QED) is 0.836. The Bertz CT molecular complexity index is 678. The lowest BCUT2D eigenvalue weighted by Gasteiger charge is -2.12. The molecule has 0 aromatic heterocycles. The number of rotatable bonds is 6. The van der Waals surface area contributed by atoms with E-state index in [4.69, 9.17) is 9.88 Å². The Hall–Kier alpha value is -1.12. The van der Waals surface area contributed by atoms with Crippen LogP contribution in [0.15, 0.2) is 23.1 Å². The van der Waals surface area contributed by atoms with Gasteiger partial charge in [-0.2, -0.15) is 0 Å². The van der Waals surface area contributed by atoms with Gasteiger partial charge in [-0.1, -0.05) is 6.07 Å². The highest BCUT2D eigenvalue weighted by Gasteiger charge is 2.18. The van der Waals surface area contributed by atoms with Crippen LogP contribution in [0.4, 0.5) is 0 Å². The molecule has 8 heteroatoms. The zero-order chi connectivity index (χ0) is 15.6. The third-order valence-electron chi connectivity index (χ3n) is 2.75. The molecule has 0 atom stereocenters. The Labute approximate surface area is 119 Å². The number of aryl methyl sites for hydroxylation is 1. The molecule has 0 aliphatic carbocycles. The first-order valence-corrected chi connectivity index (χ1v) is 9.28. The Kier molecular flexibility index (Phi) is 5.17. The van der Waals surface area contributed by atoms with E-state index in [0.717, 1.165) is 5.56 Å². The topological polar surface area (TPSA) is 104 Å². The summed E-state index contributed by atoms with van der Waals surface area (Å²) in [4.78, 5) is -0.139. The van der Waals surface area contributed by atoms with Crippen LogP contribution >= 0.6 is 0 Å². The van der Waals surface area contributed by atoms with Crippen LogP contribution in [0.5, 0.6) is 5.75 Å². The fourth-order valence-electron chi connectivity index (χ4n) is 1.46. The van der Waals surface area contributed by atoms with Crippen molar-refractivity contribution in [2.45, 2.75) is 30.9 Å². The fourth-order valence-corrected chi connectivity index (χ4v) is 3.00. The summed E-state index contributed by atoms with van der Waals surface area (Å²) in [5, 5.41) is 4.61. The average molecular weight is 321 g/mol. The van der Waals surface area contributed by atoms with Gasteiger partial charge in [0, 0.05) is 0 Å². The average Bonchev–Trinajstić information content (AvgIpc) is 2.29. The maximum absolute atomic E-state index is 11.6. The third-order valence-corrected chi connectivity index (χ3v) is 5.85. The molecule has 1 rings (SSSR count). The summed E-state index contributed by atoms with van der Waals surface area (Å²) in [5.74, 6) is -0.111. The van der Waals surface area contributed by atoms with Crippen LogP contribution in [0, 0.1) is 6.92 Å². The minimum atomic E-state index is -3.91. The first kappa shape index (κ1) is 16.9. The Balaban J connectivity index is 2.90. The monoisotopic (exact) mass is 321 g/mol. The molecule has 0 radical (unpaired) electrons. The van der Waals surface area contributed by atoms with Crippen molar-refractivity contribution in [3.05, 3.63) is 23.8 Å². The summed E-state index contributed by atoms with van der Waals surface area (Å²) in [6.07, 6.45) is 0. The molecule has 0 aliphatic rings. The van der Waals surface area contributed by atoms with Gasteiger partial charge in [-0.05, 0) is 38.5 Å². The molecule has 0 spiro atoms. The molecule has 20 heavy (non-hydrogen) atoms. The molecule has 6 nitrogen and oxygen atoms in total. The second-order valence-electron chi connectivity index (χ2n) is 4.76. The standard InChI is InChI=1S/C12H19NO5S2/c1-9(2)19(14,15)7-6-18-11-5-4-10(3)8-12(11)20(13,16)17/h4-5,8-9H,6-7H2,1-3H3,(H2,13,16,17). The molecule has 2 N–H and O–H groups in total. The van der Waals surface area contributed by atoms with E-state index < -0.39 is 25.1 Å². The molecule has 0 unspecified atom stereocenters. The number of sulfone groups is 1. The second-order valence-corrected chi connectivity index (χ2v) is 8.97. The maximum atomic E-state index is 11.6. The van der Waals surface area contributed by atoms with Crippen molar-refractivity contribution in [2.24, 2.45) is 5.14 Å². The Morgan fingerprint density at radius 1 is 1.20 bits per heavy atom. The number of benzene rings is 1. The summed E-state index contributed by atoms with van der Waals surface area (Å²) >= 11 is 0. The predicted molar refractivity (Wildman–Crippen MR) is 77.0 cm³/mol. The molecule has 0 fully saturated rings. The fraction of sp³-hybridized carbons (Fsp3) is 0.500. The van der Waals surface area contributed by atoms with Crippen LogP contribution in [-0.4, -0.2) is 34.4 Å². The summed E-state index contributed by atoms with van der Waals surface area (Å²) in [7, 11) is -7.14. The predicted octanol–water partition coefficient (Wildman–Crippen LogP) is 0.844. The largest absolute Gasteiger partial charge is 0.491 e. The number of hydrogen-bond acceptors (Lipinski definition) is 5. The van der Waals surface area contributed by atoms with Crippen molar-refractivity contribution >= 4 is 19.9 Å². The summed E-state index contributed by atoms with van der Waals surface area (Å²) in [6.45, 7) is 4.77. The van der Waals surface area contributed by atoms with E-state index in [1.807, 2.05) is 0 Å². The van der Waals surface area contributed by atoms with E-state index in [1.54, 1.807) is 26.8 Å². The van der Waals surface area contributed by atoms with Crippen molar-refractivity contribution in [3.8, 4) is 5.75 Å². The van der Waals surface area contributed by atoms with Crippen molar-refractivity contribution in [3.63, 3.8) is 0 Å². The Morgan fingerprint density at radius 2 is 1.80 bits per heavy atom. The maximum Gasteiger partial charge on any atom is 0.241 e. The van der Waals surface area contributed by atoms with E-state index in [9.17, 15) is 16.8 Å². The molecule has 0 heterocycles. The lowest BCUT2D eigenvalue weighted by atomic mass is 10.2. The molecule has 0 saturated carbocycles. The summed E-state index contributed by atoms with van der Waals surface area (Å²) in [6, 6.07) is 4.53. The van der Waals surface area contributed by atoms with E-state index >= 15 is 0 Å². The van der Waals surface area contributed by atoms with Crippen molar-refractivity contribution < 1.29 is 21.6 Å². The number of primary sulfonamides is 1. The van der Waals surface area contributed by atoms with Crippen LogP contribution in [0.3, 0.4) is 0 Å². The SMILES string of the molecule is Cc1ccc(OCCS(=O)(=O)C(C)C)c(S(N)(=O)=O)c1. The van der Waals surface area contributed by atoms with Gasteiger partial charge in [0.1, 0.15) is 17.3 Å². The second kappa shape index (κ2) is 6.11. The van der Waals surface area contributed by atoms with E-state index in [1.165, 1.54) is 12.1 Å². The lowest BCUT2D eigenvalue weighted by Crippen LogP contribution is -2.22. The van der Waals surface area contributed by atoms with E-state index in [2.05, 4.69) is 0 Å². The smallest absolute Gasteiger partial charge is 0.241 e. The van der Waals surface area contributed by atoms with Gasteiger partial charge in [0.15, 0.2) is 9.84 Å². The zero-order valence-electron chi connectivity index (χ0n) is 11.7. The first-order valence-electron chi connectivity index (χ1n) is 6.02. The highest BCUT2D eigenvalue weighted by molar-refractivity contribution is 7.92. The number of sulfonamides is 1. The van der Waals surface area contributed by atoms with Crippen molar-refractivity contribution in [1.29, 1.82) is 0 Å². The number of ether oxygens (including phenoxy) is 1. The molecular weight excluding hydrogens is 302 g/mol. The van der Waals surface area contributed by atoms with Crippen molar-refractivity contribution in [2.75, 3.05) is 12.4 Å². The van der Waals surface area contributed by atoms with E-state index in [-0.39, 0.29) is 23.0 Å². The van der Waals surface area contributed by atoms with Crippen LogP contribution < -0.4 is 9.88 Å². The minimum absolute atomic E-state index is 0.0667. The summed E-state index contributed by atoms with van der Waals surface area (Å²) in [5.41, 5.74) is 0.719. The van der Waals surface area contributed by atoms with Crippen LogP contribution in [0.2, 0.25) is 0 Å². The Morgan fingerprint density at radius 3 is 2.30 bits per heavy atom. The third kappa shape index (κ3) is 4.46. The molecular formula is C12H19NO5S2. The van der Waals surface area contributed by atoms with Crippen LogP contribution in [0.25, 0.3) is 0 Å². The molecule has 0 aliphatic heterocycles. The van der Waals surface area contributed by atoms with E-state index in [0.29, 0.717) is 0 Å². The highest BCUT2D eigenvalue weighted by Crippen LogP contribution is 2.23. The van der Waals surface area contributed by atoms with Crippen LogP contribution in [0.1, 0.15) is 19.4 Å². The normalized spacial score (nSPS) is 12.7. The lowest BCUT2D eigenvalue weighted by molar-refractivity contribution is 0.331. The van der Waals surface area contributed by atoms with Gasteiger partial charge in [0.2, 0.25) is 10.0 Å². The van der Waals surface area contributed by atoms with Gasteiger partial charge < -0.3 is 4.74 Å². The highest BCUT2D eigenvalue weighted by atomic mass is 32.2. The molecule has 0 bridgehead atoms. The summed E-state index contributed by atoms with van der Waals surface area (Å²) < 4.78 is 51.4. The van der Waals surface area contributed by atoms with Crippen LogP contribution in [-0.2, 0) is 19.9 Å². The van der Waals surface area contributed by atoms with Gasteiger partial charge in [-0.25, -0.2) is 22.0 Å². The number of hydrogen-bond donors (Lipinski definition) is 1. The molecule has 1 aromatic carbocycles. The van der Waals surface area contributed by atoms with Gasteiger partial charge >= 0.3 is 0 Å². The van der Waals surface area contributed by atoms with Gasteiger partial charge in [0.05, 0.1) is 11.0 Å². The zero-order valence-corrected chi connectivity index (χ0v) is 13.3. The van der Waals surface area contributed by atoms with Gasteiger partial charge in [-0.15, -0.1) is 0 Å². The molecule has 0 amide bonds. The van der Waals surface area contributed by atoms with Crippen molar-refractivity contribution in [1.82, 2.24) is 0 Å². The molecule has 114 valence electrons. The molecule has 0 saturated heterocycles. The number of nitrogens with two attached hydrogens (primary N) is 1. The first-order chi connectivity index (χ1) is 9.04.